The summed E-state index contributed by atoms with van der Waals surface area (Å²) in [5.74, 6) is 0. The summed E-state index contributed by atoms with van der Waals surface area (Å²) in [4.78, 5) is 4.12. The van der Waals surface area contributed by atoms with E-state index in [4.69, 9.17) is 0 Å². The Labute approximate surface area is 896 Å². The largest absolute Gasteiger partial charge is 0.264 e. The minimum Gasteiger partial charge on any atom is -0.264 e. The van der Waals surface area contributed by atoms with Crippen LogP contribution in [-0.4, -0.2) is 4.98 Å². The minimum atomic E-state index is 0.500. The maximum absolute atomic E-state index is 4.12. The lowest BCUT2D eigenvalue weighted by molar-refractivity contribution is 0.469. The van der Waals surface area contributed by atoms with Gasteiger partial charge in [0.25, 0.3) is 0 Å². The maximum atomic E-state index is 4.12. The van der Waals surface area contributed by atoms with E-state index in [0.717, 1.165) is 12.8 Å². The molecule has 1 nitrogen and oxygen atoms in total. The first-order chi connectivity index (χ1) is 67.7. The topological polar surface area (TPSA) is 12.9 Å². The van der Waals surface area contributed by atoms with Crippen LogP contribution in [0.25, 0.3) is 154 Å². The molecule has 16 aromatic carbocycles. The quantitative estimate of drug-likeness (QED) is 0.109. The van der Waals surface area contributed by atoms with Gasteiger partial charge in [-0.25, -0.2) is 0 Å². The van der Waals surface area contributed by atoms with Crippen molar-refractivity contribution in [1.29, 1.82) is 0 Å². The van der Waals surface area contributed by atoms with Gasteiger partial charge in [-0.1, -0.05) is 637 Å². The SMILES string of the molecule is C1=Cc2c3c4c(cccc4c4cccc(c24)C1)C=CC3.C1=Cc2cccc3cccc1c23.CC.CC.CC.CC.CC.CC(C)(C)C.CC(C)(C)C.CC(C)(C)C.CC(C)(C)C.CC(C)(C)C.CC(C)(C)C.CC(C)(C)C.CC(C)(C)C.CC(C)(C)C.CC(C)(C)C.c1ccc2c(c1)ccc1ccc3ccc4ccccc4c3c12.c1ccc2c(c1)ccc1ccc3ccccc3c12.c1ccc2cc3cnccc3cc2c1. The van der Waals surface area contributed by atoms with E-state index in [2.05, 4.69) is 585 Å². The molecule has 0 atom stereocenters. The normalized spacial score (nSPS) is 11.6. The summed E-state index contributed by atoms with van der Waals surface area (Å²) in [5, 5.41) is 32.1. The first-order valence-corrected chi connectivity index (χ1v) is 54.9. The molecule has 1 heterocycles. The van der Waals surface area contributed by atoms with Gasteiger partial charge >= 0.3 is 0 Å². The number of aromatic nitrogens is 1. The van der Waals surface area contributed by atoms with Crippen molar-refractivity contribution in [2.24, 2.45) is 54.1 Å². The standard InChI is InChI=1S/C22H14.C20H14.C18H12.C13H9N.C12H8.10C5H12.5C2H6/c1-3-7-19-15(5-1)9-11-17-13-14-18-12-10-16-6-2-4-8-20(16)22(18)21(17)19;1-5-13-6-2-11-17-18-12-4-8-14-7-3-10-16(20(14)18)15(9-1)19(13)17;1-3-7-16-13(5-1)9-11-15-12-10-14-6-2-4-8-17(14)18(15)16;1-2-4-11-8-13-9-14-6-5-12(13)7-10(11)3-1;1-3-9-4-2-6-11-8-7-10(5-1)12(9)11;10*1-5(2,3)4;5*1-2/h1-14H;1-7,9-10,12H,8,11H2;1-12H;1-9H;1-8H;10*1-4H3;5*1-2H3. The van der Waals surface area contributed by atoms with Crippen LogP contribution in [0.4, 0.5) is 0 Å². The Morgan fingerprint density at radius 1 is 0.171 bits per heavy atom. The number of nitrogens with zero attached hydrogens (tertiary/aromatic N) is 1. The van der Waals surface area contributed by atoms with Gasteiger partial charge in [0.05, 0.1) is 0 Å². The lowest BCUT2D eigenvalue weighted by Crippen LogP contribution is -2.02. The van der Waals surface area contributed by atoms with E-state index in [-0.39, 0.29) is 0 Å². The van der Waals surface area contributed by atoms with Crippen molar-refractivity contribution in [2.45, 2.75) is 359 Å². The molecule has 0 saturated heterocycles. The summed E-state index contributed by atoms with van der Waals surface area (Å²) in [6.45, 7) is 108. The number of pyridine rings is 1. The van der Waals surface area contributed by atoms with Crippen LogP contribution < -0.4 is 0 Å². The van der Waals surface area contributed by atoms with Crippen LogP contribution in [0, 0.1) is 54.1 Å². The van der Waals surface area contributed by atoms with Crippen molar-refractivity contribution < 1.29 is 0 Å². The smallest absolute Gasteiger partial charge is 0.0346 e. The highest BCUT2D eigenvalue weighted by Gasteiger charge is 2.20. The van der Waals surface area contributed by atoms with Crippen LogP contribution in [0.5, 0.6) is 0 Å². The first-order valence-electron chi connectivity index (χ1n) is 54.9. The molecule has 0 amide bonds. The van der Waals surface area contributed by atoms with E-state index in [1.165, 1.54) is 163 Å². The Morgan fingerprint density at radius 2 is 0.397 bits per heavy atom. The molecule has 1 aromatic heterocycles. The van der Waals surface area contributed by atoms with Crippen molar-refractivity contribution >= 4 is 154 Å². The summed E-state index contributed by atoms with van der Waals surface area (Å²) >= 11 is 0. The number of hydrogen-bond acceptors (Lipinski definition) is 1. The van der Waals surface area contributed by atoms with Gasteiger partial charge in [0.2, 0.25) is 0 Å². The van der Waals surface area contributed by atoms with Crippen molar-refractivity contribution in [3.8, 4) is 0 Å². The summed E-state index contributed by atoms with van der Waals surface area (Å²) < 4.78 is 0. The van der Waals surface area contributed by atoms with Gasteiger partial charge in [-0.3, -0.25) is 4.98 Å². The van der Waals surface area contributed by atoms with Crippen LogP contribution in [0.1, 0.15) is 380 Å². The van der Waals surface area contributed by atoms with Crippen molar-refractivity contribution in [3.05, 3.63) is 331 Å². The molecule has 0 bridgehead atoms. The molecule has 1 heteroatoms. The van der Waals surface area contributed by atoms with E-state index in [9.17, 15) is 0 Å². The molecule has 3 aliphatic carbocycles. The number of allylic oxidation sites excluding steroid dienone is 2. The molecule has 3 aliphatic rings. The second kappa shape index (κ2) is 62.3. The molecule has 17 aromatic rings. The fourth-order valence-corrected chi connectivity index (χ4v) is 13.9. The minimum absolute atomic E-state index is 0.500. The van der Waals surface area contributed by atoms with Crippen LogP contribution in [-0.2, 0) is 12.8 Å². The maximum Gasteiger partial charge on any atom is 0.0346 e. The molecule has 146 heavy (non-hydrogen) atoms. The average molecular weight is 1960 g/mol. The van der Waals surface area contributed by atoms with Gasteiger partial charge in [-0.15, -0.1) is 0 Å². The molecule has 0 N–H and O–H groups in total. The molecular formula is C145H207N. The molecular weight excluding hydrogens is 1760 g/mol. The van der Waals surface area contributed by atoms with E-state index >= 15 is 0 Å². The van der Waals surface area contributed by atoms with Crippen LogP contribution >= 0.6 is 0 Å². The third kappa shape index (κ3) is 55.2. The van der Waals surface area contributed by atoms with Crippen LogP contribution in [0.3, 0.4) is 0 Å². The zero-order valence-corrected chi connectivity index (χ0v) is 102. The molecule has 0 fully saturated rings. The van der Waals surface area contributed by atoms with Crippen molar-refractivity contribution in [2.75, 3.05) is 0 Å². The molecule has 0 spiro atoms. The highest BCUT2D eigenvalue weighted by Crippen LogP contribution is 2.43. The second-order valence-corrected chi connectivity index (χ2v) is 52.8. The van der Waals surface area contributed by atoms with Crippen LogP contribution in [0.2, 0.25) is 0 Å². The predicted molar refractivity (Wildman–Crippen MR) is 683 cm³/mol. The number of benzene rings is 16. The van der Waals surface area contributed by atoms with E-state index < -0.39 is 0 Å². The number of rotatable bonds is 0. The van der Waals surface area contributed by atoms with Gasteiger partial charge < -0.3 is 0 Å². The fourth-order valence-electron chi connectivity index (χ4n) is 13.9. The lowest BCUT2D eigenvalue weighted by Gasteiger charge is -2.22. The van der Waals surface area contributed by atoms with Crippen molar-refractivity contribution in [1.82, 2.24) is 4.98 Å². The van der Waals surface area contributed by atoms with Crippen LogP contribution in [0.15, 0.2) is 298 Å². The Bertz CT molecular complexity index is 6180. The monoisotopic (exact) mass is 1960 g/mol. The van der Waals surface area contributed by atoms with Gasteiger partial charge in [-0.05, 0) is 242 Å². The second-order valence-electron chi connectivity index (χ2n) is 52.8. The zero-order valence-electron chi connectivity index (χ0n) is 102. The van der Waals surface area contributed by atoms with Gasteiger partial charge in [0, 0.05) is 17.8 Å². The van der Waals surface area contributed by atoms with E-state index in [1.54, 1.807) is 0 Å². The summed E-state index contributed by atoms with van der Waals surface area (Å²) in [5.41, 5.74) is 13.5. The molecule has 0 saturated carbocycles. The first kappa shape index (κ1) is 133. The Hall–Kier alpha value is -11.0. The van der Waals surface area contributed by atoms with Gasteiger partial charge in [-0.2, -0.15) is 0 Å². The Balaban J connectivity index is 0.000000809. The summed E-state index contributed by atoms with van der Waals surface area (Å²) in [7, 11) is 0. The molecule has 20 rings (SSSR count). The predicted octanol–water partition coefficient (Wildman–Crippen LogP) is 48.9. The lowest BCUT2D eigenvalue weighted by atomic mass is 9.82. The number of fused-ring (bicyclic) bond motifs is 16. The number of hydrogen-bond donors (Lipinski definition) is 0. The summed E-state index contributed by atoms with van der Waals surface area (Å²) in [6, 6.07) is 97.9. The fraction of sp³-hybridized carbons (Fsp3) is 0.428. The van der Waals surface area contributed by atoms with E-state index in [0.29, 0.717) is 54.1 Å². The van der Waals surface area contributed by atoms with Crippen molar-refractivity contribution in [3.63, 3.8) is 0 Å². The zero-order chi connectivity index (χ0) is 112. The molecule has 0 unspecified atom stereocenters. The van der Waals surface area contributed by atoms with Gasteiger partial charge in [0.1, 0.15) is 0 Å². The van der Waals surface area contributed by atoms with Gasteiger partial charge in [0.15, 0.2) is 0 Å². The molecule has 0 radical (unpaired) electrons. The summed E-state index contributed by atoms with van der Waals surface area (Å²) in [6.07, 6.45) is 19.4. The average Bonchev–Trinajstić information content (AvgIpc) is 0.923. The third-order valence-corrected chi connectivity index (χ3v) is 17.8. The van der Waals surface area contributed by atoms with E-state index in [1.807, 2.05) is 87.7 Å². The highest BCUT2D eigenvalue weighted by molar-refractivity contribution is 6.28. The molecule has 0 aliphatic heterocycles. The Kier molecular flexibility index (Phi) is 56.8. The highest BCUT2D eigenvalue weighted by atomic mass is 14.6. The molecule has 792 valence electrons. The third-order valence-electron chi connectivity index (χ3n) is 17.8. The Morgan fingerprint density at radius 3 is 0.726 bits per heavy atom.